The molecule has 0 radical (unpaired) electrons. The minimum absolute atomic E-state index is 0.00214. The Bertz CT molecular complexity index is 707. The lowest BCUT2D eigenvalue weighted by atomic mass is 10.2. The maximum atomic E-state index is 13.5. The van der Waals surface area contributed by atoms with E-state index in [2.05, 4.69) is 22.7 Å². The average molecular weight is 321 g/mol. The number of halogens is 2. The third-order valence-electron chi connectivity index (χ3n) is 2.66. The molecule has 2 aromatic rings. The molecule has 114 valence electrons. The van der Waals surface area contributed by atoms with Crippen molar-refractivity contribution in [1.82, 2.24) is 5.43 Å². The minimum atomic E-state index is -0.640. The Balaban J connectivity index is 2.01. The number of hydrogen-bond acceptors (Lipinski definition) is 3. The first-order chi connectivity index (χ1) is 10.5. The van der Waals surface area contributed by atoms with E-state index in [1.54, 1.807) is 24.3 Å². The second-order valence-electron chi connectivity index (χ2n) is 4.33. The Kier molecular flexibility index (Phi) is 5.37. The van der Waals surface area contributed by atoms with Crippen molar-refractivity contribution in [3.05, 3.63) is 65.2 Å². The lowest BCUT2D eigenvalue weighted by molar-refractivity contribution is 0.299. The van der Waals surface area contributed by atoms with Crippen molar-refractivity contribution in [3.63, 3.8) is 0 Å². The zero-order valence-electron chi connectivity index (χ0n) is 11.4. The second kappa shape index (κ2) is 7.46. The van der Waals surface area contributed by atoms with Crippen molar-refractivity contribution in [2.45, 2.75) is 6.61 Å². The summed E-state index contributed by atoms with van der Waals surface area (Å²) in [7, 11) is 0. The zero-order chi connectivity index (χ0) is 15.9. The van der Waals surface area contributed by atoms with E-state index < -0.39 is 11.6 Å². The van der Waals surface area contributed by atoms with Gasteiger partial charge in [0.05, 0.1) is 6.21 Å². The van der Waals surface area contributed by atoms with Crippen LogP contribution in [-0.4, -0.2) is 11.3 Å². The third-order valence-corrected chi connectivity index (χ3v) is 2.75. The van der Waals surface area contributed by atoms with Crippen LogP contribution in [0.4, 0.5) is 8.78 Å². The molecule has 0 unspecified atom stereocenters. The van der Waals surface area contributed by atoms with Crippen LogP contribution in [0.1, 0.15) is 11.1 Å². The van der Waals surface area contributed by atoms with Crippen LogP contribution in [-0.2, 0) is 6.61 Å². The van der Waals surface area contributed by atoms with Gasteiger partial charge in [-0.15, -0.1) is 0 Å². The van der Waals surface area contributed by atoms with Gasteiger partial charge in [-0.05, 0) is 42.0 Å². The van der Waals surface area contributed by atoms with E-state index in [1.165, 1.54) is 18.3 Å². The van der Waals surface area contributed by atoms with Crippen LogP contribution in [0.25, 0.3) is 0 Å². The van der Waals surface area contributed by atoms with Crippen molar-refractivity contribution >= 4 is 23.5 Å². The van der Waals surface area contributed by atoms with E-state index >= 15 is 0 Å². The number of nitrogens with one attached hydrogen (secondary N) is 1. The lowest BCUT2D eigenvalue weighted by Gasteiger charge is -2.08. The monoisotopic (exact) mass is 321 g/mol. The molecule has 0 heterocycles. The fourth-order valence-corrected chi connectivity index (χ4v) is 1.71. The van der Waals surface area contributed by atoms with E-state index in [9.17, 15) is 8.78 Å². The molecular weight excluding hydrogens is 308 g/mol. The molecule has 0 saturated heterocycles. The van der Waals surface area contributed by atoms with E-state index in [1.807, 2.05) is 0 Å². The number of nitrogens with two attached hydrogens (primary N) is 1. The van der Waals surface area contributed by atoms with Gasteiger partial charge < -0.3 is 10.5 Å². The molecule has 2 aromatic carbocycles. The Morgan fingerprint density at radius 3 is 2.82 bits per heavy atom. The number of benzene rings is 2. The zero-order valence-corrected chi connectivity index (χ0v) is 12.2. The highest BCUT2D eigenvalue weighted by Crippen LogP contribution is 2.16. The molecule has 2 rings (SSSR count). The molecule has 7 heteroatoms. The van der Waals surface area contributed by atoms with Crippen LogP contribution in [0, 0.1) is 11.6 Å². The second-order valence-corrected chi connectivity index (χ2v) is 4.77. The smallest absolute Gasteiger partial charge is 0.184 e. The van der Waals surface area contributed by atoms with Gasteiger partial charge in [0.25, 0.3) is 0 Å². The van der Waals surface area contributed by atoms with E-state index in [-0.39, 0.29) is 17.3 Å². The summed E-state index contributed by atoms with van der Waals surface area (Å²) >= 11 is 4.62. The first-order valence-electron chi connectivity index (χ1n) is 6.30. The number of rotatable bonds is 5. The number of hydrazone groups is 1. The summed E-state index contributed by atoms with van der Waals surface area (Å²) in [6.07, 6.45) is 1.52. The predicted octanol–water partition coefficient (Wildman–Crippen LogP) is 2.71. The Labute approximate surface area is 131 Å². The highest BCUT2D eigenvalue weighted by atomic mass is 32.1. The van der Waals surface area contributed by atoms with Gasteiger partial charge in [-0.1, -0.05) is 12.1 Å². The lowest BCUT2D eigenvalue weighted by Crippen LogP contribution is -2.23. The number of nitrogens with zero attached hydrogens (tertiary/aromatic N) is 1. The van der Waals surface area contributed by atoms with Gasteiger partial charge in [-0.3, -0.25) is 5.43 Å². The van der Waals surface area contributed by atoms with Gasteiger partial charge in [-0.25, -0.2) is 8.78 Å². The largest absolute Gasteiger partial charge is 0.489 e. The van der Waals surface area contributed by atoms with Gasteiger partial charge in [0.15, 0.2) is 5.11 Å². The van der Waals surface area contributed by atoms with Crippen LogP contribution >= 0.6 is 12.2 Å². The maximum Gasteiger partial charge on any atom is 0.184 e. The van der Waals surface area contributed by atoms with Crippen LogP contribution in [0.2, 0.25) is 0 Å². The fraction of sp³-hybridized carbons (Fsp3) is 0.0667. The molecule has 0 saturated carbocycles. The SMILES string of the molecule is NC(=S)NN=Cc1cccc(OCc2ccc(F)cc2F)c1. The molecule has 0 aliphatic heterocycles. The molecule has 0 amide bonds. The highest BCUT2D eigenvalue weighted by molar-refractivity contribution is 7.80. The molecule has 0 aromatic heterocycles. The Hall–Kier alpha value is -2.54. The van der Waals surface area contributed by atoms with E-state index in [0.717, 1.165) is 11.6 Å². The van der Waals surface area contributed by atoms with Crippen molar-refractivity contribution < 1.29 is 13.5 Å². The van der Waals surface area contributed by atoms with Gasteiger partial charge in [0.2, 0.25) is 0 Å². The quantitative estimate of drug-likeness (QED) is 0.505. The minimum Gasteiger partial charge on any atom is -0.489 e. The highest BCUT2D eigenvalue weighted by Gasteiger charge is 2.04. The molecule has 0 bridgehead atoms. The topological polar surface area (TPSA) is 59.6 Å². The summed E-state index contributed by atoms with van der Waals surface area (Å²) in [6.45, 7) is -0.00214. The van der Waals surface area contributed by atoms with Crippen LogP contribution in [0.15, 0.2) is 47.6 Å². The molecule has 0 aliphatic rings. The van der Waals surface area contributed by atoms with Crippen molar-refractivity contribution in [1.29, 1.82) is 0 Å². The van der Waals surface area contributed by atoms with Crippen LogP contribution < -0.4 is 15.9 Å². The molecule has 0 aliphatic carbocycles. The van der Waals surface area contributed by atoms with Crippen LogP contribution in [0.5, 0.6) is 5.75 Å². The fourth-order valence-electron chi connectivity index (χ4n) is 1.65. The third kappa shape index (κ3) is 4.78. The van der Waals surface area contributed by atoms with Gasteiger partial charge >= 0.3 is 0 Å². The summed E-state index contributed by atoms with van der Waals surface area (Å²) in [5.74, 6) is -0.730. The molecule has 0 fully saturated rings. The van der Waals surface area contributed by atoms with Gasteiger partial charge in [0, 0.05) is 11.6 Å². The molecule has 0 atom stereocenters. The summed E-state index contributed by atoms with van der Waals surface area (Å²) in [5.41, 5.74) is 8.70. The molecule has 3 N–H and O–H groups in total. The standard InChI is InChI=1S/C15H13F2N3OS/c16-12-5-4-11(14(17)7-12)9-21-13-3-1-2-10(6-13)8-19-20-15(18)22/h1-8H,9H2,(H3,18,20,22). The molecule has 22 heavy (non-hydrogen) atoms. The van der Waals surface area contributed by atoms with Gasteiger partial charge in [-0.2, -0.15) is 5.10 Å². The average Bonchev–Trinajstić information content (AvgIpc) is 2.46. The van der Waals surface area contributed by atoms with E-state index in [0.29, 0.717) is 5.75 Å². The van der Waals surface area contributed by atoms with E-state index in [4.69, 9.17) is 10.5 Å². The predicted molar refractivity (Wildman–Crippen MR) is 84.6 cm³/mol. The van der Waals surface area contributed by atoms with Crippen molar-refractivity contribution in [3.8, 4) is 5.75 Å². The first kappa shape index (κ1) is 15.8. The number of ether oxygens (including phenoxy) is 1. The first-order valence-corrected chi connectivity index (χ1v) is 6.71. The number of thiocarbonyl (C=S) groups is 1. The molecule has 4 nitrogen and oxygen atoms in total. The van der Waals surface area contributed by atoms with Gasteiger partial charge in [0.1, 0.15) is 24.0 Å². The van der Waals surface area contributed by atoms with Crippen LogP contribution in [0.3, 0.4) is 0 Å². The summed E-state index contributed by atoms with van der Waals surface area (Å²) < 4.78 is 31.8. The normalized spacial score (nSPS) is 10.6. The summed E-state index contributed by atoms with van der Waals surface area (Å²) in [5, 5.41) is 3.89. The number of hydrogen-bond donors (Lipinski definition) is 2. The Morgan fingerprint density at radius 1 is 1.27 bits per heavy atom. The van der Waals surface area contributed by atoms with Crippen molar-refractivity contribution in [2.24, 2.45) is 10.8 Å². The molecule has 0 spiro atoms. The summed E-state index contributed by atoms with van der Waals surface area (Å²) in [4.78, 5) is 0. The summed E-state index contributed by atoms with van der Waals surface area (Å²) in [6, 6.07) is 10.4. The van der Waals surface area contributed by atoms with Crippen molar-refractivity contribution in [2.75, 3.05) is 0 Å². The maximum absolute atomic E-state index is 13.5. The Morgan fingerprint density at radius 2 is 2.09 bits per heavy atom. The molecular formula is C15H13F2N3OS.